The number of pyridine rings is 1. The van der Waals surface area contributed by atoms with Gasteiger partial charge < -0.3 is 10.6 Å². The van der Waals surface area contributed by atoms with E-state index in [1.54, 1.807) is 12.3 Å². The van der Waals surface area contributed by atoms with E-state index in [0.29, 0.717) is 18.1 Å². The summed E-state index contributed by atoms with van der Waals surface area (Å²) in [5.41, 5.74) is 1.84. The summed E-state index contributed by atoms with van der Waals surface area (Å²) in [6.45, 7) is 0.541. The van der Waals surface area contributed by atoms with Gasteiger partial charge in [0.2, 0.25) is 0 Å². The largest absolute Gasteiger partial charge is 0.363 e. The van der Waals surface area contributed by atoms with E-state index in [0.717, 1.165) is 10.2 Å². The molecule has 0 fully saturated rings. The van der Waals surface area contributed by atoms with Crippen molar-refractivity contribution in [1.29, 1.82) is 0 Å². The molecule has 0 aliphatic heterocycles. The number of benzene rings is 1. The van der Waals surface area contributed by atoms with Crippen molar-refractivity contribution in [2.24, 2.45) is 0 Å². The van der Waals surface area contributed by atoms with Crippen LogP contribution in [0, 0.1) is 0 Å². The monoisotopic (exact) mass is 383 g/mol. The number of carbonyl (C=O) groups excluding carboxylic acids is 1. The second-order valence-corrected chi connectivity index (χ2v) is 5.84. The van der Waals surface area contributed by atoms with Crippen LogP contribution in [0.4, 0.5) is 11.5 Å². The van der Waals surface area contributed by atoms with Crippen molar-refractivity contribution in [2.45, 2.75) is 6.54 Å². The molecule has 120 valence electrons. The molecule has 2 heterocycles. The molecule has 1 aromatic carbocycles. The van der Waals surface area contributed by atoms with Crippen molar-refractivity contribution < 1.29 is 4.79 Å². The van der Waals surface area contributed by atoms with Gasteiger partial charge in [0.15, 0.2) is 0 Å². The molecule has 0 unspecified atom stereocenters. The van der Waals surface area contributed by atoms with E-state index in [1.165, 1.54) is 12.4 Å². The number of halogens is 1. The lowest BCUT2D eigenvalue weighted by Crippen LogP contribution is -2.14. The van der Waals surface area contributed by atoms with Crippen molar-refractivity contribution in [2.75, 3.05) is 10.6 Å². The number of hydrogen-bond donors (Lipinski definition) is 2. The Labute approximate surface area is 147 Å². The number of aromatic nitrogens is 3. The highest BCUT2D eigenvalue weighted by Crippen LogP contribution is 2.16. The van der Waals surface area contributed by atoms with Gasteiger partial charge >= 0.3 is 0 Å². The van der Waals surface area contributed by atoms with Gasteiger partial charge in [-0.1, -0.05) is 28.1 Å². The summed E-state index contributed by atoms with van der Waals surface area (Å²) in [5, 5.41) is 5.88. The maximum atomic E-state index is 12.2. The van der Waals surface area contributed by atoms with Crippen LogP contribution in [0.2, 0.25) is 0 Å². The zero-order valence-corrected chi connectivity index (χ0v) is 14.2. The lowest BCUT2D eigenvalue weighted by molar-refractivity contribution is 0.102. The Morgan fingerprint density at radius 1 is 1.04 bits per heavy atom. The van der Waals surface area contributed by atoms with E-state index in [2.05, 4.69) is 41.5 Å². The number of nitrogens with one attached hydrogen (secondary N) is 2. The first-order valence-electron chi connectivity index (χ1n) is 7.23. The van der Waals surface area contributed by atoms with Crippen LogP contribution in [0.25, 0.3) is 0 Å². The van der Waals surface area contributed by atoms with Gasteiger partial charge in [0.25, 0.3) is 5.91 Å². The predicted octanol–water partition coefficient (Wildman–Crippen LogP) is 3.50. The second kappa shape index (κ2) is 7.65. The minimum absolute atomic E-state index is 0.248. The molecule has 3 rings (SSSR count). The van der Waals surface area contributed by atoms with Crippen LogP contribution in [0.15, 0.2) is 65.5 Å². The zero-order chi connectivity index (χ0) is 16.8. The maximum Gasteiger partial charge on any atom is 0.275 e. The minimum atomic E-state index is -0.308. The highest BCUT2D eigenvalue weighted by molar-refractivity contribution is 9.10. The van der Waals surface area contributed by atoms with Gasteiger partial charge in [0.05, 0.1) is 24.6 Å². The molecule has 0 atom stereocenters. The van der Waals surface area contributed by atoms with E-state index in [9.17, 15) is 4.79 Å². The first-order chi connectivity index (χ1) is 11.7. The van der Waals surface area contributed by atoms with Crippen LogP contribution < -0.4 is 10.6 Å². The molecular weight excluding hydrogens is 370 g/mol. The molecular formula is C17H14BrN5O. The molecule has 3 aromatic rings. The Kier molecular flexibility index (Phi) is 5.12. The first kappa shape index (κ1) is 16.1. The molecule has 0 aliphatic carbocycles. The van der Waals surface area contributed by atoms with Crippen LogP contribution in [0.3, 0.4) is 0 Å². The Balaban J connectivity index is 1.60. The quantitative estimate of drug-likeness (QED) is 0.704. The SMILES string of the molecule is O=C(Nc1cccc(Br)c1)c1cnc(NCc2ccccn2)cn1. The molecule has 0 spiro atoms. The summed E-state index contributed by atoms with van der Waals surface area (Å²) in [4.78, 5) is 24.7. The van der Waals surface area contributed by atoms with Crippen LogP contribution in [0.5, 0.6) is 0 Å². The lowest BCUT2D eigenvalue weighted by atomic mass is 10.3. The first-order valence-corrected chi connectivity index (χ1v) is 8.03. The third-order valence-electron chi connectivity index (χ3n) is 3.14. The van der Waals surface area contributed by atoms with Gasteiger partial charge in [-0.3, -0.25) is 9.78 Å². The normalized spacial score (nSPS) is 10.2. The number of nitrogens with zero attached hydrogens (tertiary/aromatic N) is 3. The molecule has 0 saturated heterocycles. The molecule has 2 N–H and O–H groups in total. The van der Waals surface area contributed by atoms with E-state index in [1.807, 2.05) is 36.4 Å². The maximum absolute atomic E-state index is 12.2. The van der Waals surface area contributed by atoms with E-state index >= 15 is 0 Å². The summed E-state index contributed by atoms with van der Waals surface area (Å²) in [7, 11) is 0. The van der Waals surface area contributed by atoms with Gasteiger partial charge in [0.1, 0.15) is 11.5 Å². The van der Waals surface area contributed by atoms with Crippen LogP contribution >= 0.6 is 15.9 Å². The van der Waals surface area contributed by atoms with E-state index < -0.39 is 0 Å². The summed E-state index contributed by atoms with van der Waals surface area (Å²) >= 11 is 3.36. The van der Waals surface area contributed by atoms with Crippen molar-refractivity contribution >= 4 is 33.3 Å². The molecule has 1 amide bonds. The zero-order valence-electron chi connectivity index (χ0n) is 12.6. The van der Waals surface area contributed by atoms with Crippen LogP contribution in [-0.2, 0) is 6.54 Å². The Morgan fingerprint density at radius 3 is 2.67 bits per heavy atom. The second-order valence-electron chi connectivity index (χ2n) is 4.93. The van der Waals surface area contributed by atoms with Gasteiger partial charge in [0, 0.05) is 16.4 Å². The summed E-state index contributed by atoms with van der Waals surface area (Å²) in [6.07, 6.45) is 4.70. The van der Waals surface area contributed by atoms with Gasteiger partial charge in [-0.05, 0) is 30.3 Å². The van der Waals surface area contributed by atoms with Crippen molar-refractivity contribution in [1.82, 2.24) is 15.0 Å². The van der Waals surface area contributed by atoms with Crippen molar-refractivity contribution in [3.63, 3.8) is 0 Å². The fraction of sp³-hybridized carbons (Fsp3) is 0.0588. The fourth-order valence-electron chi connectivity index (χ4n) is 1.98. The lowest BCUT2D eigenvalue weighted by Gasteiger charge is -2.07. The van der Waals surface area contributed by atoms with E-state index in [4.69, 9.17) is 0 Å². The molecule has 2 aromatic heterocycles. The minimum Gasteiger partial charge on any atom is -0.363 e. The average molecular weight is 384 g/mol. The molecule has 7 heteroatoms. The van der Waals surface area contributed by atoms with Gasteiger partial charge in [-0.15, -0.1) is 0 Å². The van der Waals surface area contributed by atoms with Crippen molar-refractivity contribution in [3.8, 4) is 0 Å². The van der Waals surface area contributed by atoms with Crippen molar-refractivity contribution in [3.05, 3.63) is 76.9 Å². The Bertz CT molecular complexity index is 824. The summed E-state index contributed by atoms with van der Waals surface area (Å²) < 4.78 is 0.889. The molecule has 24 heavy (non-hydrogen) atoms. The number of hydrogen-bond acceptors (Lipinski definition) is 5. The van der Waals surface area contributed by atoms with Gasteiger partial charge in [-0.25, -0.2) is 9.97 Å². The van der Waals surface area contributed by atoms with Gasteiger partial charge in [-0.2, -0.15) is 0 Å². The number of anilines is 2. The average Bonchev–Trinajstić information content (AvgIpc) is 2.61. The van der Waals surface area contributed by atoms with E-state index in [-0.39, 0.29) is 11.6 Å². The summed E-state index contributed by atoms with van der Waals surface area (Å²) in [5.74, 6) is 0.275. The van der Waals surface area contributed by atoms with Crippen LogP contribution in [0.1, 0.15) is 16.2 Å². The molecule has 0 aliphatic rings. The molecule has 0 radical (unpaired) electrons. The third kappa shape index (κ3) is 4.36. The molecule has 0 bridgehead atoms. The summed E-state index contributed by atoms with van der Waals surface area (Å²) in [6, 6.07) is 13.0. The Hall–Kier alpha value is -2.80. The number of amides is 1. The highest BCUT2D eigenvalue weighted by atomic mass is 79.9. The highest BCUT2D eigenvalue weighted by Gasteiger charge is 2.08. The smallest absolute Gasteiger partial charge is 0.275 e. The predicted molar refractivity (Wildman–Crippen MR) is 95.7 cm³/mol. The Morgan fingerprint density at radius 2 is 1.96 bits per heavy atom. The standard InChI is InChI=1S/C17H14BrN5O/c18-12-4-3-6-13(8-12)23-17(24)15-10-22-16(11-20-15)21-9-14-5-1-2-7-19-14/h1-8,10-11H,9H2,(H,21,22)(H,23,24). The number of rotatable bonds is 5. The third-order valence-corrected chi connectivity index (χ3v) is 3.64. The number of carbonyl (C=O) groups is 1. The fourth-order valence-corrected chi connectivity index (χ4v) is 2.38. The topological polar surface area (TPSA) is 79.8 Å². The molecule has 6 nitrogen and oxygen atoms in total. The van der Waals surface area contributed by atoms with Crippen LogP contribution in [-0.4, -0.2) is 20.9 Å². The molecule has 0 saturated carbocycles.